The van der Waals surface area contributed by atoms with E-state index in [9.17, 15) is 0 Å². The second-order valence-corrected chi connectivity index (χ2v) is 12.7. The summed E-state index contributed by atoms with van der Waals surface area (Å²) in [5.41, 5.74) is 3.23. The Morgan fingerprint density at radius 3 is 2.24 bits per heavy atom. The van der Waals surface area contributed by atoms with Crippen LogP contribution in [0, 0.1) is 0 Å². The fourth-order valence-corrected chi connectivity index (χ4v) is 5.58. The number of ether oxygens (including phenoxy) is 1. The predicted octanol–water partition coefficient (Wildman–Crippen LogP) is 5.00. The van der Waals surface area contributed by atoms with Crippen molar-refractivity contribution in [3.8, 4) is 11.3 Å². The number of aromatic nitrogens is 2. The molecular weight excluding hydrogens is 348 g/mol. The van der Waals surface area contributed by atoms with Crippen LogP contribution in [0.5, 0.6) is 0 Å². The molecule has 3 heterocycles. The molecule has 0 saturated carbocycles. The molecule has 0 unspecified atom stereocenters. The monoisotopic (exact) mass is 372 g/mol. The van der Waals surface area contributed by atoms with Crippen LogP contribution in [0.1, 0.15) is 12.8 Å². The molecule has 3 nitrogen and oxygen atoms in total. The van der Waals surface area contributed by atoms with Crippen molar-refractivity contribution in [3.05, 3.63) is 53.6 Å². The molecule has 132 valence electrons. The summed E-state index contributed by atoms with van der Waals surface area (Å²) in [6.45, 7) is 8.87. The molecular formula is C20H25ClN2OSi. The third kappa shape index (κ3) is 4.32. The van der Waals surface area contributed by atoms with Gasteiger partial charge in [-0.1, -0.05) is 61.6 Å². The zero-order valence-electron chi connectivity index (χ0n) is 15.1. The average Bonchev–Trinajstić information content (AvgIpc) is 3.27. The van der Waals surface area contributed by atoms with Crippen LogP contribution in [0.15, 0.2) is 48.5 Å². The van der Waals surface area contributed by atoms with Crippen LogP contribution in [-0.2, 0) is 4.74 Å². The lowest BCUT2D eigenvalue weighted by Gasteiger charge is -2.19. The van der Waals surface area contributed by atoms with Crippen LogP contribution in [0.25, 0.3) is 16.8 Å². The molecule has 0 amide bonds. The van der Waals surface area contributed by atoms with Crippen molar-refractivity contribution in [2.24, 2.45) is 0 Å². The minimum atomic E-state index is -1.56. The Bertz CT molecular complexity index is 828. The number of benzene rings is 1. The summed E-state index contributed by atoms with van der Waals surface area (Å²) >= 11 is 6.42. The van der Waals surface area contributed by atoms with Gasteiger partial charge in [0, 0.05) is 24.1 Å². The molecule has 1 aliphatic heterocycles. The number of hydrogen-bond acceptors (Lipinski definition) is 2. The Morgan fingerprint density at radius 2 is 1.68 bits per heavy atom. The van der Waals surface area contributed by atoms with E-state index in [1.807, 2.05) is 34.8 Å². The molecule has 2 aromatic heterocycles. The first kappa shape index (κ1) is 18.2. The van der Waals surface area contributed by atoms with Gasteiger partial charge in [0.05, 0.1) is 16.2 Å². The fraction of sp³-hybridized carbons (Fsp3) is 0.350. The summed E-state index contributed by atoms with van der Waals surface area (Å²) in [4.78, 5) is 0. The summed E-state index contributed by atoms with van der Waals surface area (Å²) in [6, 6.07) is 16.4. The third-order valence-electron chi connectivity index (χ3n) is 4.18. The van der Waals surface area contributed by atoms with Gasteiger partial charge in [0.25, 0.3) is 0 Å². The number of halogens is 1. The molecule has 0 spiro atoms. The van der Waals surface area contributed by atoms with Crippen molar-refractivity contribution < 1.29 is 4.74 Å². The van der Waals surface area contributed by atoms with Gasteiger partial charge >= 0.3 is 0 Å². The van der Waals surface area contributed by atoms with E-state index < -0.39 is 8.07 Å². The number of nitrogens with zero attached hydrogens (tertiary/aromatic N) is 2. The molecule has 1 fully saturated rings. The largest absolute Gasteiger partial charge is 0.381 e. The van der Waals surface area contributed by atoms with E-state index in [-0.39, 0.29) is 0 Å². The van der Waals surface area contributed by atoms with Crippen LogP contribution >= 0.6 is 11.6 Å². The second kappa shape index (κ2) is 7.73. The Balaban J connectivity index is 0.000000314. The zero-order chi connectivity index (χ0) is 17.9. The second-order valence-electron chi connectivity index (χ2n) is 7.33. The van der Waals surface area contributed by atoms with E-state index in [0.29, 0.717) is 0 Å². The minimum Gasteiger partial charge on any atom is -0.381 e. The van der Waals surface area contributed by atoms with Gasteiger partial charge in [0.1, 0.15) is 8.07 Å². The first-order chi connectivity index (χ1) is 12.0. The molecule has 5 heteroatoms. The zero-order valence-corrected chi connectivity index (χ0v) is 16.9. The van der Waals surface area contributed by atoms with Crippen LogP contribution in [-0.4, -0.2) is 30.9 Å². The van der Waals surface area contributed by atoms with Crippen LogP contribution in [0.4, 0.5) is 0 Å². The molecule has 0 N–H and O–H groups in total. The fourth-order valence-electron chi connectivity index (χ4n) is 2.97. The Hall–Kier alpha value is -1.62. The van der Waals surface area contributed by atoms with E-state index in [4.69, 9.17) is 21.4 Å². The molecule has 0 atom stereocenters. The maximum atomic E-state index is 6.42. The van der Waals surface area contributed by atoms with E-state index >= 15 is 0 Å². The van der Waals surface area contributed by atoms with E-state index in [1.165, 1.54) is 18.2 Å². The molecule has 1 aromatic carbocycles. The molecule has 0 radical (unpaired) electrons. The lowest BCUT2D eigenvalue weighted by atomic mass is 10.1. The molecule has 0 bridgehead atoms. The van der Waals surface area contributed by atoms with Gasteiger partial charge in [-0.15, -0.1) is 0 Å². The van der Waals surface area contributed by atoms with Gasteiger partial charge in [-0.25, -0.2) is 4.52 Å². The Morgan fingerprint density at radius 1 is 1.00 bits per heavy atom. The van der Waals surface area contributed by atoms with Crippen LogP contribution in [0.3, 0.4) is 0 Å². The SMILES string of the molecule is C1CCOC1.C[Si](C)(C)c1c(Cl)ccc2cc(-c3ccccc3)nn12. The van der Waals surface area contributed by atoms with Crippen molar-refractivity contribution in [2.75, 3.05) is 13.2 Å². The van der Waals surface area contributed by atoms with E-state index in [1.54, 1.807) is 0 Å². The van der Waals surface area contributed by atoms with Gasteiger partial charge in [-0.3, -0.25) is 0 Å². The minimum absolute atomic E-state index is 0.819. The first-order valence-electron chi connectivity index (χ1n) is 8.79. The van der Waals surface area contributed by atoms with Gasteiger partial charge in [-0.2, -0.15) is 5.10 Å². The first-order valence-corrected chi connectivity index (χ1v) is 12.7. The van der Waals surface area contributed by atoms with E-state index in [0.717, 1.165) is 35.0 Å². The highest BCUT2D eigenvalue weighted by molar-refractivity contribution is 6.89. The molecule has 4 rings (SSSR count). The number of pyridine rings is 1. The highest BCUT2D eigenvalue weighted by Crippen LogP contribution is 2.21. The normalized spacial score (nSPS) is 14.4. The standard InChI is InChI=1S/C16H17ClN2Si.C4H8O/c1-20(2,3)16-14(17)10-9-13-11-15(18-19(13)16)12-7-5-4-6-8-12;1-2-4-5-3-1/h4-11H,1-3H3;1-4H2. The van der Waals surface area contributed by atoms with E-state index in [2.05, 4.69) is 37.8 Å². The van der Waals surface area contributed by atoms with Gasteiger partial charge in [-0.05, 0) is 31.0 Å². The summed E-state index contributed by atoms with van der Waals surface area (Å²) < 4.78 is 6.97. The quantitative estimate of drug-likeness (QED) is 0.592. The average molecular weight is 373 g/mol. The summed E-state index contributed by atoms with van der Waals surface area (Å²) in [5, 5.41) is 6.78. The van der Waals surface area contributed by atoms with Crippen molar-refractivity contribution in [1.29, 1.82) is 0 Å². The number of hydrogen-bond donors (Lipinski definition) is 0. The van der Waals surface area contributed by atoms with Crippen LogP contribution in [0.2, 0.25) is 24.7 Å². The summed E-state index contributed by atoms with van der Waals surface area (Å²) in [5.74, 6) is 0. The van der Waals surface area contributed by atoms with Crippen molar-refractivity contribution in [2.45, 2.75) is 32.5 Å². The van der Waals surface area contributed by atoms with Crippen molar-refractivity contribution >= 4 is 30.5 Å². The van der Waals surface area contributed by atoms with Gasteiger partial charge in [0.15, 0.2) is 0 Å². The van der Waals surface area contributed by atoms with Gasteiger partial charge < -0.3 is 4.74 Å². The lowest BCUT2D eigenvalue weighted by Crippen LogP contribution is -2.43. The molecule has 25 heavy (non-hydrogen) atoms. The van der Waals surface area contributed by atoms with Crippen LogP contribution < -0.4 is 5.32 Å². The predicted molar refractivity (Wildman–Crippen MR) is 109 cm³/mol. The van der Waals surface area contributed by atoms with Gasteiger partial charge in [0.2, 0.25) is 0 Å². The maximum absolute atomic E-state index is 6.42. The highest BCUT2D eigenvalue weighted by Gasteiger charge is 2.24. The van der Waals surface area contributed by atoms with Crippen molar-refractivity contribution in [3.63, 3.8) is 0 Å². The number of fused-ring (bicyclic) bond motifs is 1. The molecule has 0 aliphatic carbocycles. The third-order valence-corrected chi connectivity index (χ3v) is 6.55. The smallest absolute Gasteiger partial charge is 0.103 e. The Kier molecular flexibility index (Phi) is 5.62. The highest BCUT2D eigenvalue weighted by atomic mass is 35.5. The Labute approximate surface area is 155 Å². The topological polar surface area (TPSA) is 26.5 Å². The molecule has 1 aliphatic rings. The summed E-state index contributed by atoms with van der Waals surface area (Å²) in [7, 11) is -1.56. The summed E-state index contributed by atoms with van der Waals surface area (Å²) in [6.07, 6.45) is 2.56. The van der Waals surface area contributed by atoms with Crippen molar-refractivity contribution in [1.82, 2.24) is 9.61 Å². The molecule has 3 aromatic rings. The number of rotatable bonds is 2. The lowest BCUT2D eigenvalue weighted by molar-refractivity contribution is 0.198. The molecule has 1 saturated heterocycles. The maximum Gasteiger partial charge on any atom is 0.103 e.